The van der Waals surface area contributed by atoms with Crippen molar-refractivity contribution in [2.75, 3.05) is 19.7 Å². The van der Waals surface area contributed by atoms with Crippen LogP contribution in [0.3, 0.4) is 0 Å². The van der Waals surface area contributed by atoms with Gasteiger partial charge in [0, 0.05) is 17.1 Å². The van der Waals surface area contributed by atoms with E-state index in [9.17, 15) is 4.79 Å². The molecular formula is C18H22BrClN2O2. The van der Waals surface area contributed by atoms with Crippen LogP contribution in [0, 0.1) is 5.92 Å². The number of fused-ring (bicyclic) bond motifs is 1. The molecule has 0 spiro atoms. The maximum Gasteiger partial charge on any atom is 0.260 e. The molecule has 0 radical (unpaired) electrons. The minimum atomic E-state index is 0. The molecule has 0 aromatic heterocycles. The highest BCUT2D eigenvalue weighted by Gasteiger charge is 2.31. The number of rotatable bonds is 4. The fraction of sp³-hybridized carbons (Fsp3) is 0.389. The summed E-state index contributed by atoms with van der Waals surface area (Å²) >= 11 is 3.46. The lowest BCUT2D eigenvalue weighted by atomic mass is 10.1. The second-order valence-electron chi connectivity index (χ2n) is 6.17. The maximum atomic E-state index is 12.4. The van der Waals surface area contributed by atoms with Gasteiger partial charge in [-0.25, -0.2) is 0 Å². The molecule has 24 heavy (non-hydrogen) atoms. The first kappa shape index (κ1) is 19.0. The lowest BCUT2D eigenvalue weighted by Gasteiger charge is -2.21. The van der Waals surface area contributed by atoms with Gasteiger partial charge in [0.15, 0.2) is 6.61 Å². The average Bonchev–Trinajstić information content (AvgIpc) is 2.93. The molecule has 0 saturated carbocycles. The summed E-state index contributed by atoms with van der Waals surface area (Å²) in [5, 5.41) is 2.23. The van der Waals surface area contributed by atoms with E-state index >= 15 is 0 Å². The normalized spacial score (nSPS) is 20.0. The Hall–Kier alpha value is -1.30. The summed E-state index contributed by atoms with van der Waals surface area (Å²) in [6, 6.07) is 12.2. The smallest absolute Gasteiger partial charge is 0.260 e. The third-order valence-corrected chi connectivity index (χ3v) is 4.94. The van der Waals surface area contributed by atoms with Crippen molar-refractivity contribution >= 4 is 45.0 Å². The molecule has 1 fully saturated rings. The molecule has 2 aromatic carbocycles. The topological polar surface area (TPSA) is 55.6 Å². The summed E-state index contributed by atoms with van der Waals surface area (Å²) in [6.07, 6.45) is 0.979. The van der Waals surface area contributed by atoms with Gasteiger partial charge in [0.1, 0.15) is 5.75 Å². The maximum absolute atomic E-state index is 12.4. The molecular weight excluding hydrogens is 392 g/mol. The van der Waals surface area contributed by atoms with E-state index in [-0.39, 0.29) is 31.0 Å². The molecule has 0 aliphatic carbocycles. The fourth-order valence-electron chi connectivity index (χ4n) is 3.17. The lowest BCUT2D eigenvalue weighted by molar-refractivity contribution is -0.134. The molecule has 1 aliphatic rings. The van der Waals surface area contributed by atoms with Crippen molar-refractivity contribution in [3.05, 3.63) is 40.9 Å². The van der Waals surface area contributed by atoms with Gasteiger partial charge in [-0.2, -0.15) is 0 Å². The van der Waals surface area contributed by atoms with E-state index < -0.39 is 0 Å². The predicted octanol–water partition coefficient (Wildman–Crippen LogP) is 3.60. The molecule has 2 aromatic rings. The number of likely N-dealkylation sites (tertiary alicyclic amines) is 1. The first-order chi connectivity index (χ1) is 11.1. The monoisotopic (exact) mass is 412 g/mol. The Morgan fingerprint density at radius 2 is 2.00 bits per heavy atom. The minimum Gasteiger partial charge on any atom is -0.484 e. The summed E-state index contributed by atoms with van der Waals surface area (Å²) < 4.78 is 6.75. The number of halogens is 2. The van der Waals surface area contributed by atoms with Gasteiger partial charge in [0.2, 0.25) is 0 Å². The highest BCUT2D eigenvalue weighted by atomic mass is 79.9. The molecule has 1 aliphatic heterocycles. The molecule has 2 atom stereocenters. The van der Waals surface area contributed by atoms with Crippen molar-refractivity contribution in [3.63, 3.8) is 0 Å². The summed E-state index contributed by atoms with van der Waals surface area (Å²) in [5.74, 6) is 1.16. The Balaban J connectivity index is 0.00000208. The Morgan fingerprint density at radius 1 is 1.29 bits per heavy atom. The molecule has 3 rings (SSSR count). The number of hydrogen-bond acceptors (Lipinski definition) is 3. The Labute approximate surface area is 156 Å². The van der Waals surface area contributed by atoms with Crippen molar-refractivity contribution in [2.24, 2.45) is 11.7 Å². The molecule has 6 heteroatoms. The first-order valence-electron chi connectivity index (χ1n) is 7.88. The Kier molecular flexibility index (Phi) is 6.49. The van der Waals surface area contributed by atoms with Crippen molar-refractivity contribution in [1.29, 1.82) is 0 Å². The molecule has 130 valence electrons. The Bertz CT molecular complexity index is 725. The number of nitrogens with zero attached hydrogens (tertiary/aromatic N) is 1. The van der Waals surface area contributed by atoms with E-state index in [1.165, 1.54) is 0 Å². The number of carbonyl (C=O) groups is 1. The van der Waals surface area contributed by atoms with Crippen molar-refractivity contribution in [3.8, 4) is 5.75 Å². The molecule has 2 unspecified atom stereocenters. The quantitative estimate of drug-likeness (QED) is 0.833. The highest BCUT2D eigenvalue weighted by Crippen LogP contribution is 2.25. The van der Waals surface area contributed by atoms with Crippen LogP contribution in [-0.4, -0.2) is 36.5 Å². The van der Waals surface area contributed by atoms with Crippen LogP contribution >= 0.6 is 28.3 Å². The third kappa shape index (κ3) is 4.21. The standard InChI is InChI=1S/C18H21BrN2O2.ClH/c1-12-6-13(9-20)10-21(12)18(22)11-23-17-5-3-14-7-16(19)4-2-15(14)8-17;/h2-5,7-8,12-13H,6,9-11,20H2,1H3;1H. The van der Waals surface area contributed by atoms with Gasteiger partial charge in [-0.1, -0.05) is 28.1 Å². The summed E-state index contributed by atoms with van der Waals surface area (Å²) in [5.41, 5.74) is 5.71. The SMILES string of the molecule is CC1CC(CN)CN1C(=O)COc1ccc2cc(Br)ccc2c1.Cl. The minimum absolute atomic E-state index is 0. The van der Waals surface area contributed by atoms with E-state index in [1.807, 2.05) is 35.2 Å². The second kappa shape index (κ2) is 8.19. The zero-order valence-electron chi connectivity index (χ0n) is 13.6. The second-order valence-corrected chi connectivity index (χ2v) is 7.09. The third-order valence-electron chi connectivity index (χ3n) is 4.45. The van der Waals surface area contributed by atoms with Crippen LogP contribution in [0.1, 0.15) is 13.3 Å². The van der Waals surface area contributed by atoms with Crippen molar-refractivity contribution < 1.29 is 9.53 Å². The fourth-order valence-corrected chi connectivity index (χ4v) is 3.55. The number of carbonyl (C=O) groups excluding carboxylic acids is 1. The van der Waals surface area contributed by atoms with Crippen LogP contribution in [0.15, 0.2) is 40.9 Å². The number of benzene rings is 2. The van der Waals surface area contributed by atoms with Crippen LogP contribution in [-0.2, 0) is 4.79 Å². The zero-order valence-corrected chi connectivity index (χ0v) is 16.0. The molecule has 2 N–H and O–H groups in total. The van der Waals surface area contributed by atoms with Crippen LogP contribution in [0.2, 0.25) is 0 Å². The largest absolute Gasteiger partial charge is 0.484 e. The van der Waals surface area contributed by atoms with Gasteiger partial charge in [-0.15, -0.1) is 12.4 Å². The van der Waals surface area contributed by atoms with E-state index in [4.69, 9.17) is 10.5 Å². The molecule has 0 bridgehead atoms. The van der Waals surface area contributed by atoms with Crippen molar-refractivity contribution in [1.82, 2.24) is 4.90 Å². The van der Waals surface area contributed by atoms with E-state index in [2.05, 4.69) is 28.9 Å². The molecule has 1 amide bonds. The zero-order chi connectivity index (χ0) is 16.4. The van der Waals surface area contributed by atoms with Gasteiger partial charge >= 0.3 is 0 Å². The van der Waals surface area contributed by atoms with Crippen LogP contribution in [0.5, 0.6) is 5.75 Å². The Morgan fingerprint density at radius 3 is 2.71 bits per heavy atom. The summed E-state index contributed by atoms with van der Waals surface area (Å²) in [6.45, 7) is 3.52. The van der Waals surface area contributed by atoms with Crippen LogP contribution in [0.25, 0.3) is 10.8 Å². The van der Waals surface area contributed by atoms with E-state index in [0.29, 0.717) is 12.5 Å². The average molecular weight is 414 g/mol. The van der Waals surface area contributed by atoms with Gasteiger partial charge < -0.3 is 15.4 Å². The summed E-state index contributed by atoms with van der Waals surface area (Å²) in [4.78, 5) is 14.2. The van der Waals surface area contributed by atoms with Gasteiger partial charge in [-0.3, -0.25) is 4.79 Å². The van der Waals surface area contributed by atoms with Gasteiger partial charge in [0.25, 0.3) is 5.91 Å². The number of hydrogen-bond donors (Lipinski definition) is 1. The van der Waals surface area contributed by atoms with Gasteiger partial charge in [-0.05, 0) is 60.8 Å². The molecule has 1 saturated heterocycles. The van der Waals surface area contributed by atoms with Gasteiger partial charge in [0.05, 0.1) is 0 Å². The number of amides is 1. The number of nitrogens with two attached hydrogens (primary N) is 1. The molecule has 4 nitrogen and oxygen atoms in total. The lowest BCUT2D eigenvalue weighted by Crippen LogP contribution is -2.37. The van der Waals surface area contributed by atoms with E-state index in [0.717, 1.165) is 34.0 Å². The van der Waals surface area contributed by atoms with Crippen LogP contribution < -0.4 is 10.5 Å². The van der Waals surface area contributed by atoms with Crippen molar-refractivity contribution in [2.45, 2.75) is 19.4 Å². The summed E-state index contributed by atoms with van der Waals surface area (Å²) in [7, 11) is 0. The van der Waals surface area contributed by atoms with Crippen LogP contribution in [0.4, 0.5) is 0 Å². The first-order valence-corrected chi connectivity index (χ1v) is 8.68. The highest BCUT2D eigenvalue weighted by molar-refractivity contribution is 9.10. The molecule has 1 heterocycles. The number of ether oxygens (including phenoxy) is 1. The predicted molar refractivity (Wildman–Crippen MR) is 103 cm³/mol. The van der Waals surface area contributed by atoms with E-state index in [1.54, 1.807) is 0 Å².